The third-order valence-corrected chi connectivity index (χ3v) is 12.4. The van der Waals surface area contributed by atoms with Gasteiger partial charge in [0, 0.05) is 54.9 Å². The van der Waals surface area contributed by atoms with Crippen molar-refractivity contribution in [2.24, 2.45) is 11.8 Å². The summed E-state index contributed by atoms with van der Waals surface area (Å²) in [6, 6.07) is 2.59. The summed E-state index contributed by atoms with van der Waals surface area (Å²) >= 11 is 6.18. The molecule has 0 spiro atoms. The molecule has 2 aliphatic rings. The Morgan fingerprint density at radius 1 is 0.817 bits per heavy atom. The van der Waals surface area contributed by atoms with Gasteiger partial charge in [0.25, 0.3) is 0 Å². The van der Waals surface area contributed by atoms with E-state index in [4.69, 9.17) is 11.6 Å². The second-order valence-electron chi connectivity index (χ2n) is 14.7. The normalized spacial score (nSPS) is 16.6. The number of amides is 2. The van der Waals surface area contributed by atoms with Gasteiger partial charge in [-0.15, -0.1) is 13.2 Å². The van der Waals surface area contributed by atoms with Crippen LogP contribution >= 0.6 is 11.6 Å². The molecule has 0 saturated carbocycles. The third-order valence-electron chi connectivity index (χ3n) is 10.1. The number of fused-ring (bicyclic) bond motifs is 6. The van der Waals surface area contributed by atoms with Crippen LogP contribution in [0.3, 0.4) is 0 Å². The molecule has 0 aliphatic heterocycles. The zero-order valence-electron chi connectivity index (χ0n) is 32.4. The SMILES string of the molecule is CS(=O)(=O)CCCNC(=O)C1CCc2[nH]c3ncnc(Cl)c3c2C1.CS(=O)(=O)CCCNC(=O)C1CCc2[nH]c3ncnc(Nc4cc(OC(F)(F)F)ccc4F)c3c2C1. The summed E-state index contributed by atoms with van der Waals surface area (Å²) in [6.45, 7) is 0.599. The van der Waals surface area contributed by atoms with E-state index in [9.17, 15) is 44.0 Å². The summed E-state index contributed by atoms with van der Waals surface area (Å²) in [4.78, 5) is 48.0. The minimum atomic E-state index is -4.93. The van der Waals surface area contributed by atoms with Crippen molar-refractivity contribution < 1.29 is 48.7 Å². The lowest BCUT2D eigenvalue weighted by Crippen LogP contribution is -2.35. The summed E-state index contributed by atoms with van der Waals surface area (Å²) in [5.41, 5.74) is 4.53. The molecular formula is C37H42ClF4N9O7S2. The first-order valence-corrected chi connectivity index (χ1v) is 23.3. The Morgan fingerprint density at radius 2 is 1.33 bits per heavy atom. The number of aromatic nitrogens is 6. The number of carbonyl (C=O) groups is 2. The number of H-pyrrole nitrogens is 2. The van der Waals surface area contributed by atoms with Crippen LogP contribution in [-0.4, -0.2) is 102 Å². The van der Waals surface area contributed by atoms with Crippen LogP contribution in [0.1, 0.15) is 48.2 Å². The zero-order chi connectivity index (χ0) is 43.4. The Balaban J connectivity index is 0.000000218. The number of ether oxygens (including phenoxy) is 1. The highest BCUT2D eigenvalue weighted by atomic mass is 35.5. The summed E-state index contributed by atoms with van der Waals surface area (Å²) < 4.78 is 101. The fraction of sp³-hybridized carbons (Fsp3) is 0.459. The van der Waals surface area contributed by atoms with Gasteiger partial charge in [0.05, 0.1) is 28.0 Å². The number of carbonyl (C=O) groups excluding carboxylic acids is 2. The minimum Gasteiger partial charge on any atom is -0.406 e. The van der Waals surface area contributed by atoms with Gasteiger partial charge >= 0.3 is 6.36 Å². The molecule has 2 aliphatic carbocycles. The largest absolute Gasteiger partial charge is 0.573 e. The van der Waals surface area contributed by atoms with Crippen LogP contribution in [-0.2, 0) is 54.9 Å². The molecule has 4 heterocycles. The van der Waals surface area contributed by atoms with Crippen molar-refractivity contribution in [1.29, 1.82) is 0 Å². The van der Waals surface area contributed by atoms with Gasteiger partial charge in [0.1, 0.15) is 66.2 Å². The molecule has 4 aromatic heterocycles. The van der Waals surface area contributed by atoms with Crippen molar-refractivity contribution in [3.8, 4) is 5.75 Å². The average Bonchev–Trinajstić information content (AvgIpc) is 3.74. The number of benzene rings is 1. The lowest BCUT2D eigenvalue weighted by atomic mass is 9.86. The van der Waals surface area contributed by atoms with E-state index in [1.807, 2.05) is 0 Å². The van der Waals surface area contributed by atoms with Gasteiger partial charge in [-0.1, -0.05) is 11.6 Å². The van der Waals surface area contributed by atoms with E-state index in [0.29, 0.717) is 66.9 Å². The maximum Gasteiger partial charge on any atom is 0.573 e. The van der Waals surface area contributed by atoms with E-state index in [-0.39, 0.29) is 53.2 Å². The number of aryl methyl sites for hydroxylation is 2. The molecule has 324 valence electrons. The van der Waals surface area contributed by atoms with Crippen LogP contribution in [0.2, 0.25) is 5.15 Å². The predicted molar refractivity (Wildman–Crippen MR) is 215 cm³/mol. The van der Waals surface area contributed by atoms with Gasteiger partial charge in [0.2, 0.25) is 11.8 Å². The molecule has 2 atom stereocenters. The first-order chi connectivity index (χ1) is 28.2. The molecule has 16 nitrogen and oxygen atoms in total. The molecule has 5 N–H and O–H groups in total. The highest BCUT2D eigenvalue weighted by Crippen LogP contribution is 2.37. The van der Waals surface area contributed by atoms with Crippen LogP contribution in [0, 0.1) is 17.7 Å². The summed E-state index contributed by atoms with van der Waals surface area (Å²) in [6.07, 6.45) is 4.27. The number of hydrogen-bond donors (Lipinski definition) is 5. The highest BCUT2D eigenvalue weighted by Gasteiger charge is 2.32. The van der Waals surface area contributed by atoms with E-state index < -0.39 is 37.6 Å². The standard InChI is InChI=1S/C22H23F4N5O4S.C15H19ClN4O3S/c1-36(33,34)8-2-7-27-21(32)12-3-6-16-14(9-12)18-19(30-16)28-11-29-20(18)31-17-10-13(4-5-15(17)23)35-22(24,25)26;1-24(22,23)6-2-5-17-15(21)9-3-4-11-10(7-9)12-13(16)18-8-19-14(12)20-11/h4-5,10-12H,2-3,6-9H2,1H3,(H,27,32)(H2,28,29,30,31);8-9H,2-7H2,1H3,(H,17,21)(H,18,19,20). The van der Waals surface area contributed by atoms with Crippen molar-refractivity contribution in [2.75, 3.05) is 42.4 Å². The monoisotopic (exact) mass is 899 g/mol. The molecule has 2 amide bonds. The number of aromatic amines is 2. The van der Waals surface area contributed by atoms with Crippen LogP contribution in [0.5, 0.6) is 5.75 Å². The number of hydrogen-bond acceptors (Lipinski definition) is 12. The fourth-order valence-electron chi connectivity index (χ4n) is 7.29. The Labute approximate surface area is 346 Å². The molecule has 60 heavy (non-hydrogen) atoms. The third kappa shape index (κ3) is 11.6. The molecule has 0 saturated heterocycles. The van der Waals surface area contributed by atoms with Crippen molar-refractivity contribution in [3.05, 3.63) is 64.3 Å². The highest BCUT2D eigenvalue weighted by molar-refractivity contribution is 7.90. The average molecular weight is 900 g/mol. The van der Waals surface area contributed by atoms with Gasteiger partial charge in [0.15, 0.2) is 0 Å². The van der Waals surface area contributed by atoms with Gasteiger partial charge in [-0.25, -0.2) is 41.2 Å². The van der Waals surface area contributed by atoms with E-state index in [1.54, 1.807) is 0 Å². The molecule has 7 rings (SSSR count). The van der Waals surface area contributed by atoms with Crippen molar-refractivity contribution in [3.63, 3.8) is 0 Å². The van der Waals surface area contributed by atoms with Crippen molar-refractivity contribution in [2.45, 2.75) is 57.7 Å². The second-order valence-corrected chi connectivity index (χ2v) is 19.6. The van der Waals surface area contributed by atoms with Gasteiger partial charge in [-0.2, -0.15) is 0 Å². The number of alkyl halides is 3. The Kier molecular flexibility index (Phi) is 13.5. The molecule has 23 heteroatoms. The number of sulfone groups is 2. The molecular weight excluding hydrogens is 858 g/mol. The lowest BCUT2D eigenvalue weighted by Gasteiger charge is -2.22. The van der Waals surface area contributed by atoms with Gasteiger partial charge in [-0.3, -0.25) is 9.59 Å². The fourth-order valence-corrected chi connectivity index (χ4v) is 8.87. The molecule has 1 aromatic carbocycles. The predicted octanol–water partition coefficient (Wildman–Crippen LogP) is 4.66. The topological polar surface area (TPSA) is 231 Å². The van der Waals surface area contributed by atoms with Crippen LogP contribution in [0.4, 0.5) is 29.1 Å². The van der Waals surface area contributed by atoms with Crippen molar-refractivity contribution in [1.82, 2.24) is 40.5 Å². The summed E-state index contributed by atoms with van der Waals surface area (Å²) in [7, 11) is -6.11. The zero-order valence-corrected chi connectivity index (χ0v) is 34.8. The van der Waals surface area contributed by atoms with E-state index >= 15 is 0 Å². The van der Waals surface area contributed by atoms with Crippen LogP contribution in [0.25, 0.3) is 22.1 Å². The number of anilines is 2. The first kappa shape index (κ1) is 44.5. The van der Waals surface area contributed by atoms with Gasteiger partial charge < -0.3 is 30.7 Å². The molecule has 0 bridgehead atoms. The molecule has 0 radical (unpaired) electrons. The second kappa shape index (κ2) is 18.3. The smallest absolute Gasteiger partial charge is 0.406 e. The Hall–Kier alpha value is -5.09. The first-order valence-electron chi connectivity index (χ1n) is 18.8. The summed E-state index contributed by atoms with van der Waals surface area (Å²) in [5, 5.41) is 10.0. The Bertz CT molecular complexity index is 2620. The van der Waals surface area contributed by atoms with Crippen molar-refractivity contribution >= 4 is 76.7 Å². The lowest BCUT2D eigenvalue weighted by molar-refractivity contribution is -0.274. The molecule has 0 fully saturated rings. The van der Waals surface area contributed by atoms with E-state index in [2.05, 4.69) is 50.6 Å². The maximum absolute atomic E-state index is 14.4. The van der Waals surface area contributed by atoms with E-state index in [0.717, 1.165) is 65.2 Å². The molecule has 5 aromatic rings. The number of rotatable bonds is 13. The maximum atomic E-state index is 14.4. The van der Waals surface area contributed by atoms with E-state index in [1.165, 1.54) is 18.9 Å². The number of halogens is 5. The van der Waals surface area contributed by atoms with Crippen LogP contribution in [0.15, 0.2) is 30.9 Å². The summed E-state index contributed by atoms with van der Waals surface area (Å²) in [5.74, 6) is -1.98. The molecule has 2 unspecified atom stereocenters. The van der Waals surface area contributed by atoms with Gasteiger partial charge in [-0.05, 0) is 74.6 Å². The number of nitrogens with one attached hydrogen (secondary N) is 5. The number of nitrogens with zero attached hydrogens (tertiary/aromatic N) is 4. The quantitative estimate of drug-likeness (QED) is 0.0618. The Morgan fingerprint density at radius 3 is 1.87 bits per heavy atom. The van der Waals surface area contributed by atoms with Crippen LogP contribution < -0.4 is 20.7 Å². The minimum absolute atomic E-state index is 0.0251.